The van der Waals surface area contributed by atoms with E-state index in [-0.39, 0.29) is 24.5 Å². The number of amides is 2. The zero-order valence-electron chi connectivity index (χ0n) is 17.8. The molecule has 0 aromatic heterocycles. The van der Waals surface area contributed by atoms with Crippen LogP contribution in [0.4, 0.5) is 5.69 Å². The van der Waals surface area contributed by atoms with Crippen LogP contribution in [-0.4, -0.2) is 42.5 Å². The first-order valence-electron chi connectivity index (χ1n) is 10.7. The zero-order chi connectivity index (χ0) is 21.3. The molecular weight excluding hydrogens is 378 g/mol. The molecule has 6 heteroatoms. The van der Waals surface area contributed by atoms with Gasteiger partial charge in [0.2, 0.25) is 5.91 Å². The maximum absolute atomic E-state index is 12.6. The molecule has 160 valence electrons. The van der Waals surface area contributed by atoms with Crippen LogP contribution in [0.5, 0.6) is 5.75 Å². The summed E-state index contributed by atoms with van der Waals surface area (Å²) in [5, 5.41) is 6.01. The molecule has 1 aliphatic heterocycles. The van der Waals surface area contributed by atoms with Crippen molar-refractivity contribution < 1.29 is 14.3 Å². The lowest BCUT2D eigenvalue weighted by molar-refractivity contribution is -0.115. The van der Waals surface area contributed by atoms with Gasteiger partial charge >= 0.3 is 0 Å². The normalized spacial score (nSPS) is 13.9. The van der Waals surface area contributed by atoms with E-state index in [9.17, 15) is 9.59 Å². The van der Waals surface area contributed by atoms with Crippen molar-refractivity contribution in [2.75, 3.05) is 25.0 Å². The minimum Gasteiger partial charge on any atom is -0.491 e. The summed E-state index contributed by atoms with van der Waals surface area (Å²) in [4.78, 5) is 26.8. The van der Waals surface area contributed by atoms with E-state index in [0.29, 0.717) is 17.8 Å². The fraction of sp³-hybridized carbons (Fsp3) is 0.417. The number of hydrogen-bond donors (Lipinski definition) is 2. The number of hydrogen-bond acceptors (Lipinski definition) is 4. The number of nitrogens with zero attached hydrogens (tertiary/aromatic N) is 1. The molecule has 2 N–H and O–H groups in total. The van der Waals surface area contributed by atoms with Gasteiger partial charge in [-0.2, -0.15) is 0 Å². The van der Waals surface area contributed by atoms with Crippen molar-refractivity contribution in [3.63, 3.8) is 0 Å². The van der Waals surface area contributed by atoms with Gasteiger partial charge < -0.3 is 20.3 Å². The van der Waals surface area contributed by atoms with E-state index in [1.165, 1.54) is 6.42 Å². The third kappa shape index (κ3) is 6.59. The summed E-state index contributed by atoms with van der Waals surface area (Å²) in [6.45, 7) is 6.38. The number of rotatable bonds is 8. The van der Waals surface area contributed by atoms with Crippen LogP contribution in [0, 0.1) is 0 Å². The Hall–Kier alpha value is -2.86. The molecule has 2 aromatic carbocycles. The van der Waals surface area contributed by atoms with E-state index in [2.05, 4.69) is 10.6 Å². The van der Waals surface area contributed by atoms with Crippen LogP contribution in [0.15, 0.2) is 48.5 Å². The van der Waals surface area contributed by atoms with E-state index in [1.807, 2.05) is 43.0 Å². The summed E-state index contributed by atoms with van der Waals surface area (Å²) in [6, 6.07) is 15.0. The van der Waals surface area contributed by atoms with E-state index in [4.69, 9.17) is 4.74 Å². The zero-order valence-corrected chi connectivity index (χ0v) is 17.8. The quantitative estimate of drug-likeness (QED) is 0.695. The van der Waals surface area contributed by atoms with E-state index in [1.54, 1.807) is 24.3 Å². The van der Waals surface area contributed by atoms with Gasteiger partial charge in [-0.05, 0) is 69.0 Å². The van der Waals surface area contributed by atoms with Crippen LogP contribution in [-0.2, 0) is 11.3 Å². The van der Waals surface area contributed by atoms with Crippen molar-refractivity contribution in [3.05, 3.63) is 59.7 Å². The molecule has 0 saturated carbocycles. The van der Waals surface area contributed by atoms with Crippen molar-refractivity contribution in [3.8, 4) is 5.75 Å². The minimum absolute atomic E-state index is 0.0359. The molecule has 2 amide bonds. The molecule has 1 saturated heterocycles. The van der Waals surface area contributed by atoms with Crippen LogP contribution >= 0.6 is 0 Å². The average molecular weight is 410 g/mol. The molecule has 0 bridgehead atoms. The first-order valence-corrected chi connectivity index (χ1v) is 10.7. The Bertz CT molecular complexity index is 843. The van der Waals surface area contributed by atoms with E-state index >= 15 is 0 Å². The molecule has 1 aliphatic rings. The molecule has 1 heterocycles. The number of nitrogens with one attached hydrogen (secondary N) is 2. The summed E-state index contributed by atoms with van der Waals surface area (Å²) in [5.74, 6) is 0.733. The monoisotopic (exact) mass is 409 g/mol. The van der Waals surface area contributed by atoms with Gasteiger partial charge in [0.15, 0.2) is 0 Å². The summed E-state index contributed by atoms with van der Waals surface area (Å²) in [6.07, 6.45) is 3.44. The minimum atomic E-state index is -0.141. The van der Waals surface area contributed by atoms with Crippen molar-refractivity contribution in [2.45, 2.75) is 45.8 Å². The molecule has 30 heavy (non-hydrogen) atoms. The average Bonchev–Trinajstić information content (AvgIpc) is 2.75. The highest BCUT2D eigenvalue weighted by atomic mass is 16.5. The molecule has 6 nitrogen and oxygen atoms in total. The van der Waals surface area contributed by atoms with Crippen LogP contribution in [0.25, 0.3) is 0 Å². The molecule has 0 radical (unpaired) electrons. The van der Waals surface area contributed by atoms with Gasteiger partial charge in [0.05, 0.1) is 12.6 Å². The highest BCUT2D eigenvalue weighted by molar-refractivity contribution is 5.97. The third-order valence-electron chi connectivity index (χ3n) is 4.95. The summed E-state index contributed by atoms with van der Waals surface area (Å²) >= 11 is 0. The number of carbonyl (C=O) groups is 2. The maximum atomic E-state index is 12.6. The molecule has 1 fully saturated rings. The maximum Gasteiger partial charge on any atom is 0.253 e. The van der Waals surface area contributed by atoms with Crippen molar-refractivity contribution in [2.24, 2.45) is 0 Å². The van der Waals surface area contributed by atoms with Crippen LogP contribution < -0.4 is 15.4 Å². The molecule has 0 unspecified atom stereocenters. The highest BCUT2D eigenvalue weighted by Gasteiger charge is 2.18. The summed E-state index contributed by atoms with van der Waals surface area (Å²) in [7, 11) is 0. The van der Waals surface area contributed by atoms with Gasteiger partial charge in [-0.15, -0.1) is 0 Å². The number of benzene rings is 2. The number of likely N-dealkylation sites (tertiary alicyclic amines) is 1. The predicted molar refractivity (Wildman–Crippen MR) is 119 cm³/mol. The Morgan fingerprint density at radius 3 is 2.47 bits per heavy atom. The van der Waals surface area contributed by atoms with E-state index < -0.39 is 0 Å². The standard InChI is InChI=1S/C24H31N3O3/c1-18(2)30-22-11-9-19(10-12-22)16-25-17-23(28)26-21-8-6-7-20(15-21)24(29)27-13-4-3-5-14-27/h6-12,15,18,25H,3-5,13-14,16-17H2,1-2H3,(H,26,28). The Kier molecular flexibility index (Phi) is 7.85. The van der Waals surface area contributed by atoms with Gasteiger partial charge in [-0.3, -0.25) is 9.59 Å². The SMILES string of the molecule is CC(C)Oc1ccc(CNCC(=O)Nc2cccc(C(=O)N3CCCCC3)c2)cc1. The molecule has 0 spiro atoms. The molecule has 0 aliphatic carbocycles. The van der Waals surface area contributed by atoms with Gasteiger partial charge in [-0.1, -0.05) is 18.2 Å². The van der Waals surface area contributed by atoms with E-state index in [0.717, 1.165) is 37.2 Å². The second-order valence-electron chi connectivity index (χ2n) is 7.90. The first-order chi connectivity index (χ1) is 14.5. The second-order valence-corrected chi connectivity index (χ2v) is 7.90. The van der Waals surface area contributed by atoms with Gasteiger partial charge in [0.25, 0.3) is 5.91 Å². The Morgan fingerprint density at radius 1 is 1.03 bits per heavy atom. The van der Waals surface area contributed by atoms with Crippen molar-refractivity contribution >= 4 is 17.5 Å². The molecule has 0 atom stereocenters. The number of anilines is 1. The van der Waals surface area contributed by atoms with Gasteiger partial charge in [0.1, 0.15) is 5.75 Å². The second kappa shape index (κ2) is 10.8. The van der Waals surface area contributed by atoms with Gasteiger partial charge in [-0.25, -0.2) is 0 Å². The summed E-state index contributed by atoms with van der Waals surface area (Å²) in [5.41, 5.74) is 2.33. The van der Waals surface area contributed by atoms with Crippen LogP contribution in [0.2, 0.25) is 0 Å². The lowest BCUT2D eigenvalue weighted by atomic mass is 10.1. The Morgan fingerprint density at radius 2 is 1.77 bits per heavy atom. The number of ether oxygens (including phenoxy) is 1. The predicted octanol–water partition coefficient (Wildman–Crippen LogP) is 3.83. The number of piperidine rings is 1. The van der Waals surface area contributed by atoms with Crippen molar-refractivity contribution in [1.82, 2.24) is 10.2 Å². The largest absolute Gasteiger partial charge is 0.491 e. The van der Waals surface area contributed by atoms with Crippen LogP contribution in [0.1, 0.15) is 49.0 Å². The Balaban J connectivity index is 1.46. The molecule has 2 aromatic rings. The lowest BCUT2D eigenvalue weighted by Crippen LogP contribution is -2.35. The fourth-order valence-corrected chi connectivity index (χ4v) is 3.49. The first kappa shape index (κ1) is 21.8. The molecular formula is C24H31N3O3. The van der Waals surface area contributed by atoms with Gasteiger partial charge in [0, 0.05) is 30.9 Å². The molecule has 3 rings (SSSR count). The van der Waals surface area contributed by atoms with Crippen LogP contribution in [0.3, 0.4) is 0 Å². The Labute approximate surface area is 178 Å². The lowest BCUT2D eigenvalue weighted by Gasteiger charge is -2.26. The number of carbonyl (C=O) groups excluding carboxylic acids is 2. The van der Waals surface area contributed by atoms with Crippen molar-refractivity contribution in [1.29, 1.82) is 0 Å². The smallest absolute Gasteiger partial charge is 0.253 e. The third-order valence-corrected chi connectivity index (χ3v) is 4.95. The summed E-state index contributed by atoms with van der Waals surface area (Å²) < 4.78 is 5.63. The fourth-order valence-electron chi connectivity index (χ4n) is 3.49. The topological polar surface area (TPSA) is 70.7 Å². The highest BCUT2D eigenvalue weighted by Crippen LogP contribution is 2.17.